The molecule has 13 heteroatoms. The van der Waals surface area contributed by atoms with Crippen molar-refractivity contribution in [1.29, 1.82) is 0 Å². The molecule has 1 aliphatic heterocycles. The molecule has 0 spiro atoms. The largest absolute Gasteiger partial charge is 0.453 e. The summed E-state index contributed by atoms with van der Waals surface area (Å²) < 4.78 is 43.0. The van der Waals surface area contributed by atoms with Gasteiger partial charge in [0.2, 0.25) is 0 Å². The number of aromatic amines is 1. The van der Waals surface area contributed by atoms with E-state index >= 15 is 0 Å². The zero-order valence-electron chi connectivity index (χ0n) is 21.5. The first-order chi connectivity index (χ1) is 18.1. The van der Waals surface area contributed by atoms with Crippen molar-refractivity contribution in [3.8, 4) is 0 Å². The molecule has 2 N–H and O–H groups in total. The summed E-state index contributed by atoms with van der Waals surface area (Å²) in [5, 5.41) is 9.51. The maximum absolute atomic E-state index is 13.3. The molecular formula is C25H33N2O10P. The van der Waals surface area contributed by atoms with Gasteiger partial charge >= 0.3 is 19.3 Å². The van der Waals surface area contributed by atoms with Crippen molar-refractivity contribution in [2.45, 2.75) is 51.7 Å². The highest BCUT2D eigenvalue weighted by Gasteiger charge is 2.50. The zero-order chi connectivity index (χ0) is 27.9. The van der Waals surface area contributed by atoms with Crippen molar-refractivity contribution < 1.29 is 37.7 Å². The van der Waals surface area contributed by atoms with Crippen molar-refractivity contribution in [3.63, 3.8) is 0 Å². The summed E-state index contributed by atoms with van der Waals surface area (Å²) in [6.07, 6.45) is -3.22. The third-order valence-electron chi connectivity index (χ3n) is 5.78. The van der Waals surface area contributed by atoms with Gasteiger partial charge in [0.25, 0.3) is 5.56 Å². The quantitative estimate of drug-likeness (QED) is 0.280. The number of aliphatic hydroxyl groups excluding tert-OH is 1. The average Bonchev–Trinajstić information content (AvgIpc) is 3.21. The first-order valence-electron chi connectivity index (χ1n) is 12.2. The van der Waals surface area contributed by atoms with Gasteiger partial charge in [0.05, 0.1) is 32.0 Å². The SMILES string of the molecule is C=C(C[C@H]1O[C@@H](n2cc(C)c(=O)[nH]c2=O)[C@H](OCCO)[C@@H]1OC(=O)c1ccccc1)P(=O)(OCC)OCC. The van der Waals surface area contributed by atoms with E-state index in [1.165, 1.54) is 13.1 Å². The molecule has 0 amide bonds. The molecule has 2 aromatic rings. The molecule has 4 atom stereocenters. The first-order valence-corrected chi connectivity index (χ1v) is 13.7. The molecule has 208 valence electrons. The molecule has 2 heterocycles. The molecule has 1 aliphatic rings. The minimum atomic E-state index is -3.75. The third-order valence-corrected chi connectivity index (χ3v) is 7.94. The molecule has 1 fully saturated rings. The van der Waals surface area contributed by atoms with Gasteiger partial charge in [-0.25, -0.2) is 9.59 Å². The summed E-state index contributed by atoms with van der Waals surface area (Å²) in [6.45, 7) is 8.42. The van der Waals surface area contributed by atoms with E-state index in [1.807, 2.05) is 0 Å². The van der Waals surface area contributed by atoms with Crippen molar-refractivity contribution in [1.82, 2.24) is 9.55 Å². The molecule has 0 bridgehead atoms. The molecule has 0 saturated carbocycles. The highest BCUT2D eigenvalue weighted by atomic mass is 31.2. The second-order valence-corrected chi connectivity index (χ2v) is 10.6. The first kappa shape index (κ1) is 29.7. The van der Waals surface area contributed by atoms with Crippen molar-refractivity contribution in [2.24, 2.45) is 0 Å². The number of nitrogens with zero attached hydrogens (tertiary/aromatic N) is 1. The molecule has 1 saturated heterocycles. The second kappa shape index (κ2) is 13.3. The van der Waals surface area contributed by atoms with Gasteiger partial charge in [0.1, 0.15) is 12.2 Å². The number of hydrogen-bond acceptors (Lipinski definition) is 10. The Kier molecular flexibility index (Phi) is 10.4. The van der Waals surface area contributed by atoms with E-state index in [9.17, 15) is 24.1 Å². The Morgan fingerprint density at radius 1 is 1.16 bits per heavy atom. The number of nitrogens with one attached hydrogen (secondary N) is 1. The standard InChI is InChI=1S/C25H33N2O10P/c1-5-34-38(32,35-6-2)17(4)14-19-20(37-24(30)18-10-8-7-9-11-18)21(33-13-12-28)23(36-19)27-15-16(3)22(29)26-25(27)31/h7-11,15,19-21,23,28H,4-6,12-14H2,1-3H3,(H,26,29,31)/t19-,20-,21-,23-/m1/s1. The Bertz CT molecular complexity index is 1260. The molecule has 0 aliphatic carbocycles. The Hall–Kier alpha value is -2.86. The van der Waals surface area contributed by atoms with Crippen LogP contribution in [-0.4, -0.2) is 65.4 Å². The van der Waals surface area contributed by atoms with Crippen LogP contribution in [0.15, 0.2) is 58.0 Å². The fourth-order valence-electron chi connectivity index (χ4n) is 4.05. The number of aryl methyl sites for hydroxylation is 1. The van der Waals surface area contributed by atoms with Gasteiger partial charge in [-0.05, 0) is 32.9 Å². The van der Waals surface area contributed by atoms with Gasteiger partial charge in [-0.3, -0.25) is 18.9 Å². The van der Waals surface area contributed by atoms with Crippen LogP contribution in [0.3, 0.4) is 0 Å². The lowest BCUT2D eigenvalue weighted by atomic mass is 10.1. The number of carbonyl (C=O) groups is 1. The Morgan fingerprint density at radius 2 is 1.82 bits per heavy atom. The summed E-state index contributed by atoms with van der Waals surface area (Å²) in [4.78, 5) is 39.9. The summed E-state index contributed by atoms with van der Waals surface area (Å²) in [5.41, 5.74) is -0.841. The van der Waals surface area contributed by atoms with Gasteiger partial charge in [0.15, 0.2) is 12.3 Å². The summed E-state index contributed by atoms with van der Waals surface area (Å²) in [7, 11) is -3.75. The highest BCUT2D eigenvalue weighted by molar-refractivity contribution is 7.58. The molecule has 0 radical (unpaired) electrons. The number of esters is 1. The van der Waals surface area contributed by atoms with Crippen LogP contribution in [0.1, 0.15) is 42.4 Å². The van der Waals surface area contributed by atoms with Gasteiger partial charge in [-0.2, -0.15) is 0 Å². The van der Waals surface area contributed by atoms with Crippen LogP contribution in [0, 0.1) is 6.92 Å². The molecule has 1 aromatic heterocycles. The lowest BCUT2D eigenvalue weighted by Crippen LogP contribution is -2.42. The van der Waals surface area contributed by atoms with Crippen LogP contribution in [-0.2, 0) is 27.8 Å². The Balaban J connectivity index is 2.03. The maximum atomic E-state index is 13.3. The number of aromatic nitrogens is 2. The summed E-state index contributed by atoms with van der Waals surface area (Å²) in [6, 6.07) is 8.23. The van der Waals surface area contributed by atoms with E-state index in [1.54, 1.807) is 44.2 Å². The fraction of sp³-hybridized carbons (Fsp3) is 0.480. The minimum absolute atomic E-state index is 0.0820. The van der Waals surface area contributed by atoms with E-state index < -0.39 is 49.4 Å². The minimum Gasteiger partial charge on any atom is -0.453 e. The van der Waals surface area contributed by atoms with Crippen molar-refractivity contribution in [3.05, 3.63) is 80.4 Å². The van der Waals surface area contributed by atoms with Gasteiger partial charge in [-0.1, -0.05) is 24.8 Å². The van der Waals surface area contributed by atoms with Crippen molar-refractivity contribution in [2.75, 3.05) is 26.4 Å². The van der Waals surface area contributed by atoms with Gasteiger partial charge in [-0.15, -0.1) is 0 Å². The topological polar surface area (TPSA) is 155 Å². The number of H-pyrrole nitrogens is 1. The monoisotopic (exact) mass is 552 g/mol. The van der Waals surface area contributed by atoms with Crippen LogP contribution in [0.4, 0.5) is 0 Å². The molecular weight excluding hydrogens is 519 g/mol. The van der Waals surface area contributed by atoms with Crippen LogP contribution < -0.4 is 11.2 Å². The molecule has 38 heavy (non-hydrogen) atoms. The Morgan fingerprint density at radius 3 is 2.42 bits per heavy atom. The van der Waals surface area contributed by atoms with Crippen LogP contribution in [0.2, 0.25) is 0 Å². The van der Waals surface area contributed by atoms with Crippen LogP contribution in [0.5, 0.6) is 0 Å². The predicted molar refractivity (Wildman–Crippen MR) is 137 cm³/mol. The highest BCUT2D eigenvalue weighted by Crippen LogP contribution is 2.57. The summed E-state index contributed by atoms with van der Waals surface area (Å²) >= 11 is 0. The van der Waals surface area contributed by atoms with Gasteiger partial charge < -0.3 is 28.4 Å². The van der Waals surface area contributed by atoms with E-state index in [-0.39, 0.29) is 49.3 Å². The lowest BCUT2D eigenvalue weighted by Gasteiger charge is -2.26. The predicted octanol–water partition coefficient (Wildman–Crippen LogP) is 2.52. The van der Waals surface area contributed by atoms with E-state index in [0.29, 0.717) is 0 Å². The molecule has 12 nitrogen and oxygen atoms in total. The fourth-order valence-corrected chi connectivity index (χ4v) is 5.57. The maximum Gasteiger partial charge on any atom is 0.356 e. The lowest BCUT2D eigenvalue weighted by molar-refractivity contribution is -0.0792. The number of benzene rings is 1. The third kappa shape index (κ3) is 6.76. The van der Waals surface area contributed by atoms with E-state index in [4.69, 9.17) is 23.3 Å². The number of rotatable bonds is 13. The number of hydrogen-bond donors (Lipinski definition) is 2. The molecule has 0 unspecified atom stereocenters. The van der Waals surface area contributed by atoms with E-state index in [0.717, 1.165) is 4.57 Å². The number of ether oxygens (including phenoxy) is 3. The van der Waals surface area contributed by atoms with Gasteiger partial charge in [0, 0.05) is 23.5 Å². The van der Waals surface area contributed by atoms with Crippen molar-refractivity contribution >= 4 is 13.6 Å². The smallest absolute Gasteiger partial charge is 0.356 e. The van der Waals surface area contributed by atoms with E-state index in [2.05, 4.69) is 11.6 Å². The zero-order valence-corrected chi connectivity index (χ0v) is 22.4. The summed E-state index contributed by atoms with van der Waals surface area (Å²) in [5.74, 6) is -0.684. The van der Waals surface area contributed by atoms with Crippen LogP contribution >= 0.6 is 7.60 Å². The number of carbonyl (C=O) groups excluding carboxylic acids is 1. The second-order valence-electron chi connectivity index (χ2n) is 8.44. The normalized spacial score (nSPS) is 21.4. The average molecular weight is 553 g/mol. The number of aliphatic hydroxyl groups is 1. The van der Waals surface area contributed by atoms with Crippen LogP contribution in [0.25, 0.3) is 0 Å². The Labute approximate surface area is 219 Å². The molecule has 1 aromatic carbocycles. The molecule has 3 rings (SSSR count).